The SMILES string of the molecule is COc1ccc2c(c1)CC(C(=O)Nc1nnc(CCSCCc3nnc(NC(=O)c4cc5cc(OC)ccc5o4)s3)s1)O2. The molecular weight excluding hydrogens is 613 g/mol. The Morgan fingerprint density at radius 3 is 2.30 bits per heavy atom. The number of carbonyl (C=O) groups excluding carboxylic acids is 2. The number of methoxy groups -OCH3 is 2. The Labute approximate surface area is 258 Å². The summed E-state index contributed by atoms with van der Waals surface area (Å²) in [5, 5.41) is 25.5. The Kier molecular flexibility index (Phi) is 8.72. The minimum Gasteiger partial charge on any atom is -0.497 e. The van der Waals surface area contributed by atoms with Gasteiger partial charge < -0.3 is 18.6 Å². The van der Waals surface area contributed by atoms with Crippen molar-refractivity contribution >= 4 is 67.5 Å². The summed E-state index contributed by atoms with van der Waals surface area (Å²) in [6, 6.07) is 12.5. The number of hydrogen-bond acceptors (Lipinski definition) is 13. The summed E-state index contributed by atoms with van der Waals surface area (Å²) in [4.78, 5) is 25.3. The third kappa shape index (κ3) is 6.89. The normalized spacial score (nSPS) is 13.9. The van der Waals surface area contributed by atoms with Crippen molar-refractivity contribution < 1.29 is 28.2 Å². The van der Waals surface area contributed by atoms with Crippen LogP contribution in [0.25, 0.3) is 11.0 Å². The Morgan fingerprint density at radius 1 is 0.907 bits per heavy atom. The van der Waals surface area contributed by atoms with Gasteiger partial charge in [-0.1, -0.05) is 22.7 Å². The Bertz CT molecular complexity index is 1770. The zero-order valence-corrected chi connectivity index (χ0v) is 25.6. The summed E-state index contributed by atoms with van der Waals surface area (Å²) in [5.41, 5.74) is 1.54. The molecule has 6 rings (SSSR count). The van der Waals surface area contributed by atoms with Crippen molar-refractivity contribution in [2.45, 2.75) is 25.4 Å². The fourth-order valence-corrected chi connectivity index (χ4v) is 6.95. The molecule has 2 N–H and O–H groups in total. The van der Waals surface area contributed by atoms with Crippen LogP contribution in [-0.4, -0.2) is 64.0 Å². The number of amides is 2. The lowest BCUT2D eigenvalue weighted by Crippen LogP contribution is -2.31. The molecule has 0 spiro atoms. The predicted octanol–water partition coefficient (Wildman–Crippen LogP) is 4.87. The number of nitrogens with zero attached hydrogens (tertiary/aromatic N) is 4. The van der Waals surface area contributed by atoms with E-state index in [0.717, 1.165) is 51.1 Å². The van der Waals surface area contributed by atoms with Gasteiger partial charge in [-0.2, -0.15) is 11.8 Å². The summed E-state index contributed by atoms with van der Waals surface area (Å²) in [6.07, 6.45) is 1.30. The largest absolute Gasteiger partial charge is 0.497 e. The van der Waals surface area contributed by atoms with Crippen LogP contribution in [0.15, 0.2) is 46.9 Å². The number of aromatic nitrogens is 4. The maximum absolute atomic E-state index is 12.7. The maximum Gasteiger partial charge on any atom is 0.293 e. The molecule has 2 amide bonds. The molecule has 43 heavy (non-hydrogen) atoms. The second-order valence-electron chi connectivity index (χ2n) is 9.36. The van der Waals surface area contributed by atoms with Gasteiger partial charge in [0, 0.05) is 30.2 Å². The monoisotopic (exact) mass is 638 g/mol. The Morgan fingerprint density at radius 2 is 1.58 bits per heavy atom. The number of rotatable bonds is 12. The van der Waals surface area contributed by atoms with Gasteiger partial charge in [0.1, 0.15) is 32.8 Å². The minimum absolute atomic E-state index is 0.188. The third-order valence-corrected chi connectivity index (χ3v) is 9.27. The molecule has 5 aromatic rings. The number of thioether (sulfide) groups is 1. The Hall–Kier alpha value is -4.21. The zero-order valence-electron chi connectivity index (χ0n) is 23.1. The number of nitrogens with one attached hydrogen (secondary N) is 2. The molecule has 0 fully saturated rings. The van der Waals surface area contributed by atoms with E-state index in [1.807, 2.05) is 24.3 Å². The van der Waals surface area contributed by atoms with Crippen molar-refractivity contribution in [1.82, 2.24) is 20.4 Å². The lowest BCUT2D eigenvalue weighted by molar-refractivity contribution is -0.122. The number of carbonyl (C=O) groups is 2. The summed E-state index contributed by atoms with van der Waals surface area (Å²) in [5.74, 6) is 3.33. The van der Waals surface area contributed by atoms with Crippen LogP contribution < -0.4 is 24.8 Å². The average molecular weight is 639 g/mol. The average Bonchev–Trinajstić information content (AvgIpc) is 3.82. The third-order valence-electron chi connectivity index (χ3n) is 6.49. The van der Waals surface area contributed by atoms with Gasteiger partial charge in [-0.3, -0.25) is 20.2 Å². The molecule has 4 heterocycles. The first-order chi connectivity index (χ1) is 21.0. The first-order valence-corrected chi connectivity index (χ1v) is 16.0. The molecule has 1 aliphatic rings. The quantitative estimate of drug-likeness (QED) is 0.180. The molecule has 1 unspecified atom stereocenters. The van der Waals surface area contributed by atoms with Gasteiger partial charge in [0.25, 0.3) is 11.8 Å². The highest BCUT2D eigenvalue weighted by molar-refractivity contribution is 7.99. The lowest BCUT2D eigenvalue weighted by Gasteiger charge is -2.08. The predicted molar refractivity (Wildman–Crippen MR) is 165 cm³/mol. The van der Waals surface area contributed by atoms with Gasteiger partial charge in [-0.15, -0.1) is 20.4 Å². The van der Waals surface area contributed by atoms with Crippen LogP contribution in [0.3, 0.4) is 0 Å². The smallest absolute Gasteiger partial charge is 0.293 e. The van der Waals surface area contributed by atoms with Gasteiger partial charge in [-0.25, -0.2) is 0 Å². The molecule has 0 saturated carbocycles. The van der Waals surface area contributed by atoms with E-state index >= 15 is 0 Å². The standard InChI is InChI=1S/C28H26N6O6S3/c1-37-17-3-5-19-15(11-17)13-21(39-19)25(35)29-27-33-31-23(42-27)7-9-41-10-8-24-32-34-28(43-24)30-26(36)22-14-16-12-18(38-2)4-6-20(16)40-22/h3-6,11-13,22H,7-10,14H2,1-2H3,(H,29,33,35)(H,30,34,36). The van der Waals surface area contributed by atoms with Crippen molar-refractivity contribution in [2.75, 3.05) is 36.4 Å². The fourth-order valence-electron chi connectivity index (χ4n) is 4.33. The first kappa shape index (κ1) is 28.9. The van der Waals surface area contributed by atoms with E-state index in [1.165, 1.54) is 22.7 Å². The second kappa shape index (κ2) is 13.0. The van der Waals surface area contributed by atoms with E-state index in [2.05, 4.69) is 31.0 Å². The first-order valence-electron chi connectivity index (χ1n) is 13.2. The maximum atomic E-state index is 12.7. The number of ether oxygens (including phenoxy) is 3. The molecule has 0 saturated heterocycles. The van der Waals surface area contributed by atoms with Crippen molar-refractivity contribution in [2.24, 2.45) is 0 Å². The second-order valence-corrected chi connectivity index (χ2v) is 12.7. The Balaban J connectivity index is 0.906. The molecule has 2 aromatic carbocycles. The number of anilines is 2. The van der Waals surface area contributed by atoms with E-state index in [0.29, 0.717) is 33.8 Å². The van der Waals surface area contributed by atoms with Crippen LogP contribution in [0.5, 0.6) is 17.2 Å². The molecule has 0 bridgehead atoms. The summed E-state index contributed by atoms with van der Waals surface area (Å²) in [6.45, 7) is 0. The van der Waals surface area contributed by atoms with Gasteiger partial charge in [0.05, 0.1) is 14.2 Å². The molecule has 0 aliphatic carbocycles. The van der Waals surface area contributed by atoms with Crippen LogP contribution in [0.4, 0.5) is 10.3 Å². The van der Waals surface area contributed by atoms with E-state index in [4.69, 9.17) is 18.6 Å². The molecule has 0 radical (unpaired) electrons. The highest BCUT2D eigenvalue weighted by Gasteiger charge is 2.30. The van der Waals surface area contributed by atoms with Crippen molar-refractivity contribution in [3.63, 3.8) is 0 Å². The van der Waals surface area contributed by atoms with Crippen molar-refractivity contribution in [3.8, 4) is 17.2 Å². The molecule has 12 nitrogen and oxygen atoms in total. The van der Waals surface area contributed by atoms with Gasteiger partial charge in [0.15, 0.2) is 11.9 Å². The molecule has 15 heteroatoms. The summed E-state index contributed by atoms with van der Waals surface area (Å²) < 4.78 is 21.9. The number of benzene rings is 2. The topological polar surface area (TPSA) is 151 Å². The van der Waals surface area contributed by atoms with E-state index in [1.54, 1.807) is 44.2 Å². The van der Waals surface area contributed by atoms with Crippen LogP contribution in [0, 0.1) is 0 Å². The fraction of sp³-hybridized carbons (Fsp3) is 0.286. The van der Waals surface area contributed by atoms with Crippen LogP contribution in [0.1, 0.15) is 26.1 Å². The molecule has 222 valence electrons. The highest BCUT2D eigenvalue weighted by atomic mass is 32.2. The summed E-state index contributed by atoms with van der Waals surface area (Å²) in [7, 11) is 3.19. The summed E-state index contributed by atoms with van der Waals surface area (Å²) >= 11 is 4.45. The molecular formula is C28H26N6O6S3. The lowest BCUT2D eigenvalue weighted by atomic mass is 10.1. The number of hydrogen-bond donors (Lipinski definition) is 2. The van der Waals surface area contributed by atoms with E-state index < -0.39 is 6.10 Å². The van der Waals surface area contributed by atoms with Crippen LogP contribution in [-0.2, 0) is 24.1 Å². The van der Waals surface area contributed by atoms with Crippen LogP contribution in [0.2, 0.25) is 0 Å². The van der Waals surface area contributed by atoms with Crippen LogP contribution >= 0.6 is 34.4 Å². The van der Waals surface area contributed by atoms with Gasteiger partial charge in [0.2, 0.25) is 10.3 Å². The minimum atomic E-state index is -0.617. The van der Waals surface area contributed by atoms with Crippen molar-refractivity contribution in [3.05, 3.63) is 63.8 Å². The van der Waals surface area contributed by atoms with E-state index in [9.17, 15) is 9.59 Å². The highest BCUT2D eigenvalue weighted by Crippen LogP contribution is 2.32. The molecule has 1 aliphatic heterocycles. The van der Waals surface area contributed by atoms with E-state index in [-0.39, 0.29) is 17.6 Å². The van der Waals surface area contributed by atoms with Gasteiger partial charge >= 0.3 is 0 Å². The molecule has 1 atom stereocenters. The van der Waals surface area contributed by atoms with Gasteiger partial charge in [-0.05, 0) is 54.0 Å². The number of furan rings is 1. The number of aryl methyl sites for hydroxylation is 2. The van der Waals surface area contributed by atoms with Crippen molar-refractivity contribution in [1.29, 1.82) is 0 Å². The number of fused-ring (bicyclic) bond motifs is 2. The molecule has 3 aromatic heterocycles. The zero-order chi connectivity index (χ0) is 29.8.